The number of ketones is 1. The van der Waals surface area contributed by atoms with Crippen molar-refractivity contribution in [2.45, 2.75) is 0 Å². The van der Waals surface area contributed by atoms with E-state index in [1.54, 1.807) is 25.4 Å². The molecule has 0 spiro atoms. The van der Waals surface area contributed by atoms with Gasteiger partial charge in [0.15, 0.2) is 5.13 Å². The van der Waals surface area contributed by atoms with Gasteiger partial charge in [0.2, 0.25) is 5.78 Å². The minimum atomic E-state index is -0.0169. The molecule has 22 heavy (non-hydrogen) atoms. The molecule has 0 amide bonds. The second kappa shape index (κ2) is 6.41. The van der Waals surface area contributed by atoms with E-state index in [9.17, 15) is 4.79 Å². The number of thiazole rings is 1. The molecular formula is C17H14N2O2S. The normalized spacial score (nSPS) is 10.2. The summed E-state index contributed by atoms with van der Waals surface area (Å²) in [4.78, 5) is 17.2. The highest BCUT2D eigenvalue weighted by Crippen LogP contribution is 2.26. The Morgan fingerprint density at radius 3 is 2.73 bits per heavy atom. The molecule has 1 aromatic heterocycles. The van der Waals surface area contributed by atoms with Gasteiger partial charge in [-0.15, -0.1) is 0 Å². The third-order valence-electron chi connectivity index (χ3n) is 3.09. The lowest BCUT2D eigenvalue weighted by Gasteiger charge is -2.04. The Hall–Kier alpha value is -2.66. The van der Waals surface area contributed by atoms with Crippen molar-refractivity contribution in [1.82, 2.24) is 4.98 Å². The van der Waals surface area contributed by atoms with E-state index in [1.165, 1.54) is 11.3 Å². The molecule has 0 saturated heterocycles. The zero-order chi connectivity index (χ0) is 15.4. The summed E-state index contributed by atoms with van der Waals surface area (Å²) in [5.41, 5.74) is 1.53. The van der Waals surface area contributed by atoms with Gasteiger partial charge in [0.1, 0.15) is 5.75 Å². The Balaban J connectivity index is 1.77. The maximum Gasteiger partial charge on any atom is 0.204 e. The van der Waals surface area contributed by atoms with Gasteiger partial charge in [-0.1, -0.05) is 47.7 Å². The highest BCUT2D eigenvalue weighted by molar-refractivity contribution is 7.17. The van der Waals surface area contributed by atoms with Crippen molar-refractivity contribution in [2.75, 3.05) is 12.4 Å². The number of ether oxygens (including phenoxy) is 1. The zero-order valence-corrected chi connectivity index (χ0v) is 12.8. The van der Waals surface area contributed by atoms with Crippen LogP contribution in [0.1, 0.15) is 15.2 Å². The van der Waals surface area contributed by atoms with Crippen molar-refractivity contribution in [3.8, 4) is 5.75 Å². The molecule has 2 aromatic carbocycles. The fourth-order valence-corrected chi connectivity index (χ4v) is 2.79. The number of nitrogens with one attached hydrogen (secondary N) is 1. The monoisotopic (exact) mass is 310 g/mol. The van der Waals surface area contributed by atoms with E-state index < -0.39 is 0 Å². The zero-order valence-electron chi connectivity index (χ0n) is 11.9. The summed E-state index contributed by atoms with van der Waals surface area (Å²) in [5.74, 6) is 0.749. The lowest BCUT2D eigenvalue weighted by Crippen LogP contribution is -1.97. The highest BCUT2D eigenvalue weighted by Gasteiger charge is 2.12. The topological polar surface area (TPSA) is 51.2 Å². The molecule has 0 fully saturated rings. The first-order chi connectivity index (χ1) is 10.8. The van der Waals surface area contributed by atoms with Crippen LogP contribution in [0.4, 0.5) is 10.8 Å². The Morgan fingerprint density at radius 1 is 1.14 bits per heavy atom. The van der Waals surface area contributed by atoms with Crippen LogP contribution in [0.5, 0.6) is 5.75 Å². The number of rotatable bonds is 5. The smallest absolute Gasteiger partial charge is 0.204 e. The number of anilines is 2. The summed E-state index contributed by atoms with van der Waals surface area (Å²) < 4.78 is 5.18. The van der Waals surface area contributed by atoms with E-state index in [1.807, 2.05) is 42.5 Å². The summed E-state index contributed by atoms with van der Waals surface area (Å²) in [7, 11) is 1.62. The standard InChI is InChI=1S/C17H14N2O2S/c1-21-14-9-5-8-13(10-14)19-17-18-11-15(22-17)16(20)12-6-3-2-4-7-12/h2-11H,1H3,(H,18,19). The molecule has 0 unspecified atom stereocenters. The maximum atomic E-state index is 12.3. The minimum absolute atomic E-state index is 0.0169. The number of hydrogen-bond donors (Lipinski definition) is 1. The summed E-state index contributed by atoms with van der Waals surface area (Å²) in [5, 5.41) is 3.85. The Kier molecular flexibility index (Phi) is 4.16. The molecule has 4 nitrogen and oxygen atoms in total. The molecular weight excluding hydrogens is 296 g/mol. The molecule has 0 radical (unpaired) electrons. The third-order valence-corrected chi connectivity index (χ3v) is 4.00. The molecule has 1 heterocycles. The van der Waals surface area contributed by atoms with Crippen molar-refractivity contribution in [3.05, 3.63) is 71.2 Å². The van der Waals surface area contributed by atoms with Crippen LogP contribution in [0.2, 0.25) is 0 Å². The summed E-state index contributed by atoms with van der Waals surface area (Å²) in [6.07, 6.45) is 1.60. The van der Waals surface area contributed by atoms with Crippen molar-refractivity contribution in [3.63, 3.8) is 0 Å². The quantitative estimate of drug-likeness (QED) is 0.720. The predicted molar refractivity (Wildman–Crippen MR) is 88.3 cm³/mol. The molecule has 0 aliphatic carbocycles. The first kappa shape index (κ1) is 14.3. The van der Waals surface area contributed by atoms with Crippen LogP contribution in [0.25, 0.3) is 0 Å². The van der Waals surface area contributed by atoms with Gasteiger partial charge >= 0.3 is 0 Å². The van der Waals surface area contributed by atoms with E-state index in [0.29, 0.717) is 15.6 Å². The molecule has 0 aliphatic rings. The minimum Gasteiger partial charge on any atom is -0.497 e. The van der Waals surface area contributed by atoms with Crippen molar-refractivity contribution >= 4 is 27.9 Å². The van der Waals surface area contributed by atoms with E-state index in [4.69, 9.17) is 4.74 Å². The largest absolute Gasteiger partial charge is 0.497 e. The number of benzene rings is 2. The fourth-order valence-electron chi connectivity index (χ4n) is 1.99. The lowest BCUT2D eigenvalue weighted by atomic mass is 10.1. The van der Waals surface area contributed by atoms with Gasteiger partial charge in [-0.05, 0) is 12.1 Å². The van der Waals surface area contributed by atoms with Gasteiger partial charge in [-0.3, -0.25) is 4.79 Å². The van der Waals surface area contributed by atoms with Gasteiger partial charge in [-0.25, -0.2) is 4.98 Å². The molecule has 3 aromatic rings. The van der Waals surface area contributed by atoms with E-state index in [0.717, 1.165) is 11.4 Å². The fraction of sp³-hybridized carbons (Fsp3) is 0.0588. The van der Waals surface area contributed by atoms with Crippen LogP contribution in [0.3, 0.4) is 0 Å². The molecule has 5 heteroatoms. The maximum absolute atomic E-state index is 12.3. The van der Waals surface area contributed by atoms with Gasteiger partial charge in [0.25, 0.3) is 0 Å². The average Bonchev–Trinajstić information content (AvgIpc) is 3.03. The van der Waals surface area contributed by atoms with E-state index in [-0.39, 0.29) is 5.78 Å². The molecule has 1 N–H and O–H groups in total. The van der Waals surface area contributed by atoms with Gasteiger partial charge in [-0.2, -0.15) is 0 Å². The van der Waals surface area contributed by atoms with Crippen LogP contribution < -0.4 is 10.1 Å². The Labute approximate surface area is 132 Å². The van der Waals surface area contributed by atoms with Gasteiger partial charge in [0.05, 0.1) is 18.2 Å². The number of nitrogens with zero attached hydrogens (tertiary/aromatic N) is 1. The van der Waals surface area contributed by atoms with E-state index in [2.05, 4.69) is 10.3 Å². The number of carbonyl (C=O) groups excluding carboxylic acids is 1. The van der Waals surface area contributed by atoms with Crippen LogP contribution in [0.15, 0.2) is 60.8 Å². The second-order valence-electron chi connectivity index (χ2n) is 4.58. The van der Waals surface area contributed by atoms with Crippen molar-refractivity contribution in [2.24, 2.45) is 0 Å². The predicted octanol–water partition coefficient (Wildman–Crippen LogP) is 4.13. The number of hydrogen-bond acceptors (Lipinski definition) is 5. The summed E-state index contributed by atoms with van der Waals surface area (Å²) in [6.45, 7) is 0. The van der Waals surface area contributed by atoms with Gasteiger partial charge in [0, 0.05) is 17.3 Å². The first-order valence-corrected chi connectivity index (χ1v) is 7.54. The van der Waals surface area contributed by atoms with E-state index >= 15 is 0 Å². The van der Waals surface area contributed by atoms with Crippen LogP contribution >= 0.6 is 11.3 Å². The van der Waals surface area contributed by atoms with Crippen LogP contribution in [-0.2, 0) is 0 Å². The summed E-state index contributed by atoms with van der Waals surface area (Å²) in [6, 6.07) is 16.8. The molecule has 0 aliphatic heterocycles. The van der Waals surface area contributed by atoms with Crippen molar-refractivity contribution < 1.29 is 9.53 Å². The lowest BCUT2D eigenvalue weighted by molar-refractivity contribution is 0.104. The molecule has 3 rings (SSSR count). The van der Waals surface area contributed by atoms with Crippen molar-refractivity contribution in [1.29, 1.82) is 0 Å². The SMILES string of the molecule is COc1cccc(Nc2ncc(C(=O)c3ccccc3)s2)c1. The summed E-state index contributed by atoms with van der Waals surface area (Å²) >= 11 is 1.33. The molecule has 0 atom stereocenters. The van der Waals surface area contributed by atoms with Crippen LogP contribution in [-0.4, -0.2) is 17.9 Å². The first-order valence-electron chi connectivity index (χ1n) is 6.73. The number of methoxy groups -OCH3 is 1. The van der Waals surface area contributed by atoms with Crippen LogP contribution in [0, 0.1) is 0 Å². The number of carbonyl (C=O) groups is 1. The molecule has 0 saturated carbocycles. The molecule has 110 valence electrons. The average molecular weight is 310 g/mol. The second-order valence-corrected chi connectivity index (χ2v) is 5.61. The number of aromatic nitrogens is 1. The van der Waals surface area contributed by atoms with Gasteiger partial charge < -0.3 is 10.1 Å². The Bertz CT molecular complexity index is 784. The third kappa shape index (κ3) is 3.15. The Morgan fingerprint density at radius 2 is 1.95 bits per heavy atom. The molecule has 0 bridgehead atoms. The highest BCUT2D eigenvalue weighted by atomic mass is 32.1.